The van der Waals surface area contributed by atoms with Crippen LogP contribution in [0.25, 0.3) is 0 Å². The van der Waals surface area contributed by atoms with Gasteiger partial charge in [0.1, 0.15) is 0 Å². The second-order valence-electron chi connectivity index (χ2n) is 6.65. The minimum Gasteiger partial charge on any atom is -0.355 e. The van der Waals surface area contributed by atoms with Gasteiger partial charge in [-0.15, -0.1) is 0 Å². The number of hydrogen-bond donors (Lipinski definition) is 1. The second-order valence-corrected chi connectivity index (χ2v) is 6.65. The minimum atomic E-state index is 0.507. The number of nitrogens with zero attached hydrogens (tertiary/aromatic N) is 2. The zero-order valence-corrected chi connectivity index (χ0v) is 13.0. The van der Waals surface area contributed by atoms with Crippen LogP contribution in [0.5, 0.6) is 0 Å². The Hall–Kier alpha value is -0.990. The molecule has 1 aromatic rings. The average molecular weight is 263 g/mol. The van der Waals surface area contributed by atoms with Crippen molar-refractivity contribution in [1.29, 1.82) is 0 Å². The van der Waals surface area contributed by atoms with Gasteiger partial charge >= 0.3 is 0 Å². The molecule has 0 atom stereocenters. The van der Waals surface area contributed by atoms with Crippen molar-refractivity contribution in [3.05, 3.63) is 11.9 Å². The molecule has 3 heteroatoms. The molecule has 0 bridgehead atoms. The lowest BCUT2D eigenvalue weighted by Crippen LogP contribution is -2.29. The van der Waals surface area contributed by atoms with Crippen molar-refractivity contribution in [2.75, 3.05) is 11.9 Å². The molecule has 1 fully saturated rings. The van der Waals surface area contributed by atoms with Crippen LogP contribution in [0.15, 0.2) is 6.20 Å². The predicted octanol–water partition coefficient (Wildman–Crippen LogP) is 4.23. The second kappa shape index (κ2) is 5.98. The SMILES string of the molecule is CCn1cc(C)nc1NCC1(CC(C)C)CCCC1. The largest absolute Gasteiger partial charge is 0.355 e. The molecule has 108 valence electrons. The molecule has 0 spiro atoms. The molecule has 1 saturated carbocycles. The van der Waals surface area contributed by atoms with Crippen LogP contribution in [0.4, 0.5) is 5.95 Å². The molecule has 0 amide bonds. The van der Waals surface area contributed by atoms with Gasteiger partial charge in [0.25, 0.3) is 0 Å². The summed E-state index contributed by atoms with van der Waals surface area (Å²) in [5, 5.41) is 3.62. The van der Waals surface area contributed by atoms with Crippen molar-refractivity contribution in [3.63, 3.8) is 0 Å². The minimum absolute atomic E-state index is 0.507. The number of aryl methyl sites for hydroxylation is 2. The Morgan fingerprint density at radius 3 is 2.63 bits per heavy atom. The van der Waals surface area contributed by atoms with E-state index in [9.17, 15) is 0 Å². The van der Waals surface area contributed by atoms with Crippen LogP contribution in [0.1, 0.15) is 58.6 Å². The number of rotatable bonds is 6. The first-order valence-electron chi connectivity index (χ1n) is 7.82. The number of imidazole rings is 1. The summed E-state index contributed by atoms with van der Waals surface area (Å²) in [6, 6.07) is 0. The first-order valence-corrected chi connectivity index (χ1v) is 7.82. The maximum absolute atomic E-state index is 4.60. The van der Waals surface area contributed by atoms with Crippen LogP contribution in [-0.2, 0) is 6.54 Å². The molecular formula is C16H29N3. The number of nitrogens with one attached hydrogen (secondary N) is 1. The Bertz CT molecular complexity index is 400. The highest BCUT2D eigenvalue weighted by molar-refractivity contribution is 5.29. The Balaban J connectivity index is 2.02. The fourth-order valence-electron chi connectivity index (χ4n) is 3.64. The zero-order chi connectivity index (χ0) is 13.9. The standard InChI is InChI=1S/C16H29N3/c1-5-19-11-14(4)18-15(19)17-12-16(10-13(2)3)8-6-7-9-16/h11,13H,5-10,12H2,1-4H3,(H,17,18). The molecule has 0 unspecified atom stereocenters. The quantitative estimate of drug-likeness (QED) is 0.832. The van der Waals surface area contributed by atoms with Gasteiger partial charge in [0.05, 0.1) is 5.69 Å². The van der Waals surface area contributed by atoms with Gasteiger partial charge in [-0.2, -0.15) is 0 Å². The zero-order valence-electron chi connectivity index (χ0n) is 13.0. The van der Waals surface area contributed by atoms with Crippen molar-refractivity contribution < 1.29 is 0 Å². The molecule has 1 aromatic heterocycles. The van der Waals surface area contributed by atoms with E-state index in [1.54, 1.807) is 0 Å². The maximum atomic E-state index is 4.60. The van der Waals surface area contributed by atoms with E-state index in [-0.39, 0.29) is 0 Å². The smallest absolute Gasteiger partial charge is 0.203 e. The van der Waals surface area contributed by atoms with Crippen molar-refractivity contribution in [1.82, 2.24) is 9.55 Å². The summed E-state index contributed by atoms with van der Waals surface area (Å²) in [5.41, 5.74) is 1.61. The molecule has 0 saturated heterocycles. The number of anilines is 1. The highest BCUT2D eigenvalue weighted by atomic mass is 15.2. The van der Waals surface area contributed by atoms with E-state index in [1.165, 1.54) is 32.1 Å². The molecule has 0 aromatic carbocycles. The fraction of sp³-hybridized carbons (Fsp3) is 0.812. The summed E-state index contributed by atoms with van der Waals surface area (Å²) in [6.07, 6.45) is 9.02. The Morgan fingerprint density at radius 1 is 1.37 bits per heavy atom. The van der Waals surface area contributed by atoms with E-state index < -0.39 is 0 Å². The van der Waals surface area contributed by atoms with Crippen LogP contribution in [0.2, 0.25) is 0 Å². The number of aromatic nitrogens is 2. The summed E-state index contributed by atoms with van der Waals surface area (Å²) < 4.78 is 2.22. The number of hydrogen-bond acceptors (Lipinski definition) is 2. The Labute approximate surface area is 117 Å². The molecule has 1 heterocycles. The van der Waals surface area contributed by atoms with Gasteiger partial charge in [-0.1, -0.05) is 26.7 Å². The lowest BCUT2D eigenvalue weighted by atomic mass is 9.78. The summed E-state index contributed by atoms with van der Waals surface area (Å²) in [5.74, 6) is 1.84. The van der Waals surface area contributed by atoms with Crippen LogP contribution >= 0.6 is 0 Å². The third-order valence-corrected chi connectivity index (χ3v) is 4.36. The van der Waals surface area contributed by atoms with E-state index in [2.05, 4.69) is 48.8 Å². The van der Waals surface area contributed by atoms with Gasteiger partial charge in [0.15, 0.2) is 0 Å². The van der Waals surface area contributed by atoms with Crippen molar-refractivity contribution in [2.24, 2.45) is 11.3 Å². The summed E-state index contributed by atoms with van der Waals surface area (Å²) in [4.78, 5) is 4.60. The first-order chi connectivity index (χ1) is 9.04. The predicted molar refractivity (Wildman–Crippen MR) is 81.5 cm³/mol. The molecule has 1 aliphatic carbocycles. The molecule has 0 aliphatic heterocycles. The summed E-state index contributed by atoms with van der Waals surface area (Å²) >= 11 is 0. The van der Waals surface area contributed by atoms with Crippen molar-refractivity contribution in [2.45, 2.75) is 66.3 Å². The van der Waals surface area contributed by atoms with E-state index in [0.29, 0.717) is 5.41 Å². The molecule has 1 N–H and O–H groups in total. The fourth-order valence-corrected chi connectivity index (χ4v) is 3.64. The summed E-state index contributed by atoms with van der Waals surface area (Å²) in [6.45, 7) is 11.0. The Kier molecular flexibility index (Phi) is 4.54. The summed E-state index contributed by atoms with van der Waals surface area (Å²) in [7, 11) is 0. The van der Waals surface area contributed by atoms with Crippen LogP contribution < -0.4 is 5.32 Å². The van der Waals surface area contributed by atoms with E-state index in [1.807, 2.05) is 0 Å². The van der Waals surface area contributed by atoms with Gasteiger partial charge < -0.3 is 9.88 Å². The van der Waals surface area contributed by atoms with Crippen LogP contribution in [0, 0.1) is 18.3 Å². The third-order valence-electron chi connectivity index (χ3n) is 4.36. The van der Waals surface area contributed by atoms with Gasteiger partial charge in [-0.05, 0) is 44.4 Å². The van der Waals surface area contributed by atoms with Gasteiger partial charge in [0, 0.05) is 19.3 Å². The van der Waals surface area contributed by atoms with E-state index >= 15 is 0 Å². The van der Waals surface area contributed by atoms with E-state index in [0.717, 1.165) is 30.6 Å². The van der Waals surface area contributed by atoms with Gasteiger partial charge in [0.2, 0.25) is 5.95 Å². The third kappa shape index (κ3) is 3.52. The van der Waals surface area contributed by atoms with Gasteiger partial charge in [-0.25, -0.2) is 4.98 Å². The molecular weight excluding hydrogens is 234 g/mol. The topological polar surface area (TPSA) is 29.9 Å². The Morgan fingerprint density at radius 2 is 2.05 bits per heavy atom. The highest BCUT2D eigenvalue weighted by Gasteiger charge is 2.34. The van der Waals surface area contributed by atoms with Crippen LogP contribution in [0.3, 0.4) is 0 Å². The normalized spacial score (nSPS) is 18.2. The molecule has 1 aliphatic rings. The molecule has 0 radical (unpaired) electrons. The average Bonchev–Trinajstić information content (AvgIpc) is 2.93. The van der Waals surface area contributed by atoms with Crippen molar-refractivity contribution >= 4 is 5.95 Å². The van der Waals surface area contributed by atoms with Gasteiger partial charge in [-0.3, -0.25) is 0 Å². The molecule has 19 heavy (non-hydrogen) atoms. The maximum Gasteiger partial charge on any atom is 0.203 e. The lowest BCUT2D eigenvalue weighted by molar-refractivity contribution is 0.252. The highest BCUT2D eigenvalue weighted by Crippen LogP contribution is 2.43. The monoisotopic (exact) mass is 263 g/mol. The molecule has 2 rings (SSSR count). The first kappa shape index (κ1) is 14.4. The molecule has 3 nitrogen and oxygen atoms in total. The lowest BCUT2D eigenvalue weighted by Gasteiger charge is -2.31. The van der Waals surface area contributed by atoms with Crippen LogP contribution in [-0.4, -0.2) is 16.1 Å². The van der Waals surface area contributed by atoms with E-state index in [4.69, 9.17) is 0 Å². The van der Waals surface area contributed by atoms with Crippen molar-refractivity contribution in [3.8, 4) is 0 Å².